The van der Waals surface area contributed by atoms with Gasteiger partial charge in [-0.15, -0.1) is 12.4 Å². The fourth-order valence-corrected chi connectivity index (χ4v) is 2.87. The Hall–Kier alpha value is -0.860. The number of nitrogens with zero attached hydrogens (tertiary/aromatic N) is 1. The van der Waals surface area contributed by atoms with Crippen LogP contribution in [0.15, 0.2) is 29.2 Å². The van der Waals surface area contributed by atoms with E-state index >= 15 is 0 Å². The summed E-state index contributed by atoms with van der Waals surface area (Å²) in [5.74, 6) is 0.607. The number of benzene rings is 1. The van der Waals surface area contributed by atoms with Crippen LogP contribution in [0.2, 0.25) is 0 Å². The zero-order chi connectivity index (χ0) is 15.2. The minimum Gasteiger partial charge on any atom is -0.491 e. The molecule has 122 valence electrons. The molecular weight excluding hydrogens is 316 g/mol. The van der Waals surface area contributed by atoms with Gasteiger partial charge < -0.3 is 15.2 Å². The molecule has 1 unspecified atom stereocenters. The number of rotatable bonds is 8. The van der Waals surface area contributed by atoms with Crippen molar-refractivity contribution in [1.82, 2.24) is 4.31 Å². The highest BCUT2D eigenvalue weighted by Gasteiger charge is 2.24. The third-order valence-electron chi connectivity index (χ3n) is 3.02. The summed E-state index contributed by atoms with van der Waals surface area (Å²) >= 11 is 0. The summed E-state index contributed by atoms with van der Waals surface area (Å²) in [5.41, 5.74) is 5.50. The molecule has 0 saturated heterocycles. The van der Waals surface area contributed by atoms with E-state index in [1.165, 1.54) is 23.5 Å². The number of methoxy groups -OCH3 is 1. The predicted molar refractivity (Wildman–Crippen MR) is 84.5 cm³/mol. The fourth-order valence-electron chi connectivity index (χ4n) is 1.50. The van der Waals surface area contributed by atoms with E-state index in [2.05, 4.69) is 0 Å². The maximum atomic E-state index is 12.3. The molecule has 0 aliphatic rings. The molecule has 1 aromatic carbocycles. The van der Waals surface area contributed by atoms with Crippen LogP contribution in [0, 0.1) is 0 Å². The first-order valence-corrected chi connectivity index (χ1v) is 7.77. The topological polar surface area (TPSA) is 81.9 Å². The second-order valence-electron chi connectivity index (χ2n) is 4.42. The van der Waals surface area contributed by atoms with Crippen molar-refractivity contribution >= 4 is 22.4 Å². The fraction of sp³-hybridized carbons (Fsp3) is 0.538. The third kappa shape index (κ3) is 5.44. The SMILES string of the molecule is COCCOc1ccc(S(=O)(=O)N(C)C(C)CN)cc1.Cl. The van der Waals surface area contributed by atoms with Crippen molar-refractivity contribution in [2.75, 3.05) is 33.9 Å². The molecule has 2 N–H and O–H groups in total. The first-order valence-electron chi connectivity index (χ1n) is 6.33. The second kappa shape index (κ2) is 9.22. The van der Waals surface area contributed by atoms with Crippen LogP contribution in [0.5, 0.6) is 5.75 Å². The molecule has 0 amide bonds. The Balaban J connectivity index is 0.00000400. The molecule has 21 heavy (non-hydrogen) atoms. The third-order valence-corrected chi connectivity index (χ3v) is 5.00. The molecule has 0 fully saturated rings. The van der Waals surface area contributed by atoms with Gasteiger partial charge in [-0.25, -0.2) is 8.42 Å². The molecule has 8 heteroatoms. The maximum Gasteiger partial charge on any atom is 0.243 e. The Labute approximate surface area is 132 Å². The van der Waals surface area contributed by atoms with Crippen LogP contribution in [-0.4, -0.2) is 52.7 Å². The van der Waals surface area contributed by atoms with Crippen molar-refractivity contribution in [2.24, 2.45) is 5.73 Å². The zero-order valence-corrected chi connectivity index (χ0v) is 14.1. The molecule has 6 nitrogen and oxygen atoms in total. The monoisotopic (exact) mass is 338 g/mol. The Morgan fingerprint density at radius 2 is 1.81 bits per heavy atom. The minimum atomic E-state index is -3.52. The maximum absolute atomic E-state index is 12.3. The minimum absolute atomic E-state index is 0. The largest absolute Gasteiger partial charge is 0.491 e. The summed E-state index contributed by atoms with van der Waals surface area (Å²) in [6.07, 6.45) is 0. The highest BCUT2D eigenvalue weighted by molar-refractivity contribution is 7.89. The number of halogens is 1. The van der Waals surface area contributed by atoms with E-state index in [1.807, 2.05) is 0 Å². The molecule has 0 saturated carbocycles. The van der Waals surface area contributed by atoms with Gasteiger partial charge in [0.1, 0.15) is 12.4 Å². The molecule has 1 aromatic rings. The summed E-state index contributed by atoms with van der Waals surface area (Å²) in [4.78, 5) is 0.222. The van der Waals surface area contributed by atoms with Gasteiger partial charge >= 0.3 is 0 Å². The Kier molecular flexibility index (Phi) is 8.84. The molecular formula is C13H23ClN2O4S. The lowest BCUT2D eigenvalue weighted by Crippen LogP contribution is -2.39. The summed E-state index contributed by atoms with van der Waals surface area (Å²) in [6.45, 7) is 2.94. The van der Waals surface area contributed by atoms with Gasteiger partial charge in [-0.05, 0) is 31.2 Å². The van der Waals surface area contributed by atoms with Crippen LogP contribution in [0.4, 0.5) is 0 Å². The van der Waals surface area contributed by atoms with Gasteiger partial charge in [0, 0.05) is 26.7 Å². The van der Waals surface area contributed by atoms with Gasteiger partial charge in [-0.2, -0.15) is 4.31 Å². The molecule has 0 bridgehead atoms. The molecule has 0 aromatic heterocycles. The zero-order valence-electron chi connectivity index (χ0n) is 12.5. The average Bonchev–Trinajstić information content (AvgIpc) is 2.46. The van der Waals surface area contributed by atoms with Gasteiger partial charge in [-0.3, -0.25) is 0 Å². The molecule has 1 rings (SSSR count). The van der Waals surface area contributed by atoms with E-state index in [9.17, 15) is 8.42 Å². The van der Waals surface area contributed by atoms with Gasteiger partial charge in [-0.1, -0.05) is 0 Å². The smallest absolute Gasteiger partial charge is 0.243 e. The standard InChI is InChI=1S/C13H22N2O4S.ClH/c1-11(10-14)15(2)20(16,17)13-6-4-12(5-7-13)19-9-8-18-3;/h4-7,11H,8-10,14H2,1-3H3;1H. The molecule has 0 spiro atoms. The van der Waals surface area contributed by atoms with E-state index in [0.29, 0.717) is 19.0 Å². The van der Waals surface area contributed by atoms with Crippen LogP contribution in [-0.2, 0) is 14.8 Å². The van der Waals surface area contributed by atoms with Gasteiger partial charge in [0.2, 0.25) is 10.0 Å². The number of likely N-dealkylation sites (N-methyl/N-ethyl adjacent to an activating group) is 1. The Bertz CT molecular complexity index is 507. The number of hydrogen-bond donors (Lipinski definition) is 1. The van der Waals surface area contributed by atoms with Crippen LogP contribution < -0.4 is 10.5 Å². The highest BCUT2D eigenvalue weighted by Crippen LogP contribution is 2.20. The van der Waals surface area contributed by atoms with Crippen molar-refractivity contribution in [3.63, 3.8) is 0 Å². The van der Waals surface area contributed by atoms with Crippen molar-refractivity contribution in [2.45, 2.75) is 17.9 Å². The van der Waals surface area contributed by atoms with E-state index in [1.54, 1.807) is 26.2 Å². The van der Waals surface area contributed by atoms with Crippen molar-refractivity contribution in [1.29, 1.82) is 0 Å². The lowest BCUT2D eigenvalue weighted by molar-refractivity contribution is 0.146. The quantitative estimate of drug-likeness (QED) is 0.718. The van der Waals surface area contributed by atoms with Crippen LogP contribution in [0.25, 0.3) is 0 Å². The number of ether oxygens (including phenoxy) is 2. The van der Waals surface area contributed by atoms with Crippen molar-refractivity contribution < 1.29 is 17.9 Å². The molecule has 0 radical (unpaired) electrons. The predicted octanol–water partition coefficient (Wildman–Crippen LogP) is 1.10. The second-order valence-corrected chi connectivity index (χ2v) is 6.42. The molecule has 1 atom stereocenters. The van der Waals surface area contributed by atoms with Crippen molar-refractivity contribution in [3.05, 3.63) is 24.3 Å². The van der Waals surface area contributed by atoms with Crippen LogP contribution >= 0.6 is 12.4 Å². The average molecular weight is 339 g/mol. The first kappa shape index (κ1) is 20.1. The molecule has 0 aliphatic heterocycles. The lowest BCUT2D eigenvalue weighted by atomic mass is 10.3. The van der Waals surface area contributed by atoms with E-state index in [4.69, 9.17) is 15.2 Å². The van der Waals surface area contributed by atoms with Crippen molar-refractivity contribution in [3.8, 4) is 5.75 Å². The highest BCUT2D eigenvalue weighted by atomic mass is 35.5. The molecule has 0 aliphatic carbocycles. The summed E-state index contributed by atoms with van der Waals surface area (Å²) in [5, 5.41) is 0. The summed E-state index contributed by atoms with van der Waals surface area (Å²) in [7, 11) is -0.405. The Morgan fingerprint density at radius 1 is 1.24 bits per heavy atom. The van der Waals surface area contributed by atoms with Crippen LogP contribution in [0.3, 0.4) is 0 Å². The molecule has 0 heterocycles. The Morgan fingerprint density at radius 3 is 2.29 bits per heavy atom. The van der Waals surface area contributed by atoms with Gasteiger partial charge in [0.15, 0.2) is 0 Å². The van der Waals surface area contributed by atoms with Gasteiger partial charge in [0.25, 0.3) is 0 Å². The van der Waals surface area contributed by atoms with E-state index in [0.717, 1.165) is 0 Å². The summed E-state index contributed by atoms with van der Waals surface area (Å²) < 4.78 is 36.2. The van der Waals surface area contributed by atoms with E-state index < -0.39 is 10.0 Å². The van der Waals surface area contributed by atoms with Gasteiger partial charge in [0.05, 0.1) is 11.5 Å². The van der Waals surface area contributed by atoms with Crippen LogP contribution in [0.1, 0.15) is 6.92 Å². The number of nitrogens with two attached hydrogens (primary N) is 1. The normalized spacial score (nSPS) is 12.8. The van der Waals surface area contributed by atoms with E-state index in [-0.39, 0.29) is 29.9 Å². The first-order chi connectivity index (χ1) is 9.43. The summed E-state index contributed by atoms with van der Waals surface area (Å²) in [6, 6.07) is 6.05. The number of sulfonamides is 1. The lowest BCUT2D eigenvalue weighted by Gasteiger charge is -2.23. The number of hydrogen-bond acceptors (Lipinski definition) is 5.